The number of nitrogens with zero attached hydrogens (tertiary/aromatic N) is 5. The van der Waals surface area contributed by atoms with Gasteiger partial charge in [0.25, 0.3) is 0 Å². The lowest BCUT2D eigenvalue weighted by Gasteiger charge is -2.38. The molecule has 0 fully saturated rings. The molecule has 1 aromatic heterocycles. The maximum atomic E-state index is 6.22. The number of anilines is 2. The van der Waals surface area contributed by atoms with Crippen LogP contribution in [-0.2, 0) is 0 Å². The first-order valence-corrected chi connectivity index (χ1v) is 14.9. The molecule has 0 aliphatic rings. The molecule has 0 atom stereocenters. The van der Waals surface area contributed by atoms with Gasteiger partial charge in [0.15, 0.2) is 0 Å². The van der Waals surface area contributed by atoms with Crippen molar-refractivity contribution in [3.63, 3.8) is 0 Å². The van der Waals surface area contributed by atoms with Crippen LogP contribution in [0.1, 0.15) is 92.9 Å². The molecule has 0 aliphatic carbocycles. The molecule has 1 rings (SSSR count). The Morgan fingerprint density at radius 3 is 1.08 bits per heavy atom. The molecule has 0 aromatic carbocycles. The van der Waals surface area contributed by atoms with Crippen LogP contribution in [0.25, 0.3) is 0 Å². The van der Waals surface area contributed by atoms with Crippen molar-refractivity contribution in [1.29, 1.82) is 0 Å². The molecule has 1 heterocycles. The van der Waals surface area contributed by atoms with Gasteiger partial charge in [-0.1, -0.05) is 41.5 Å². The number of aromatic nitrogens is 3. The molecule has 220 valence electrons. The first kappa shape index (κ1) is 39.4. The lowest BCUT2D eigenvalue weighted by Crippen LogP contribution is -3.00. The zero-order valence-corrected chi connectivity index (χ0v) is 29.7. The fraction of sp³-hybridized carbons (Fsp3) is 0.889. The van der Waals surface area contributed by atoms with Gasteiger partial charge in [-0.25, -0.2) is 0 Å². The Morgan fingerprint density at radius 1 is 0.514 bits per heavy atom. The predicted octanol–water partition coefficient (Wildman–Crippen LogP) is 0.231. The molecule has 7 nitrogen and oxygen atoms in total. The smallest absolute Gasteiger partial charge is 0.228 e. The number of hydrogen-bond acceptors (Lipinski definition) is 5. The molecule has 0 saturated heterocycles. The number of nitrogens with one attached hydrogen (secondary N) is 2. The number of quaternary nitrogens is 2. The second kappa shape index (κ2) is 23.0. The van der Waals surface area contributed by atoms with E-state index in [2.05, 4.69) is 67.1 Å². The normalized spacial score (nSPS) is 11.5. The van der Waals surface area contributed by atoms with Crippen LogP contribution in [0.5, 0.6) is 0 Å². The summed E-state index contributed by atoms with van der Waals surface area (Å²) in [6.07, 6.45) is 9.61. The summed E-state index contributed by atoms with van der Waals surface area (Å²) in [4.78, 5) is 13.2. The fourth-order valence-corrected chi connectivity index (χ4v) is 6.09. The van der Waals surface area contributed by atoms with E-state index in [1.54, 1.807) is 0 Å². The van der Waals surface area contributed by atoms with Gasteiger partial charge < -0.3 is 67.6 Å². The molecule has 10 heteroatoms. The van der Waals surface area contributed by atoms with Gasteiger partial charge in [-0.05, 0) is 50.1 Å². The van der Waals surface area contributed by atoms with Gasteiger partial charge in [-0.3, -0.25) is 0 Å². The van der Waals surface area contributed by atoms with Gasteiger partial charge >= 0.3 is 0 Å². The highest BCUT2D eigenvalue weighted by atomic mass is 127. The zero-order chi connectivity index (χ0) is 26.0. The Bertz CT molecular complexity index is 596. The van der Waals surface area contributed by atoms with Crippen molar-refractivity contribution in [2.24, 2.45) is 0 Å². The average molecular weight is 768 g/mol. The van der Waals surface area contributed by atoms with Gasteiger partial charge in [-0.15, -0.1) is 0 Å². The Kier molecular flexibility index (Phi) is 24.5. The molecule has 0 aliphatic heterocycles. The van der Waals surface area contributed by atoms with E-state index in [1.165, 1.54) is 99.8 Å². The molecule has 0 saturated carbocycles. The molecule has 2 N–H and O–H groups in total. The third kappa shape index (κ3) is 15.6. The van der Waals surface area contributed by atoms with Crippen molar-refractivity contribution < 1.29 is 56.9 Å². The lowest BCUT2D eigenvalue weighted by atomic mass is 10.2. The van der Waals surface area contributed by atoms with Crippen LogP contribution in [0.2, 0.25) is 5.28 Å². The maximum Gasteiger partial charge on any atom is 0.228 e. The van der Waals surface area contributed by atoms with E-state index >= 15 is 0 Å². The third-order valence-corrected chi connectivity index (χ3v) is 7.15. The van der Waals surface area contributed by atoms with Crippen LogP contribution in [0.3, 0.4) is 0 Å². The number of rotatable bonds is 22. The Hall–Kier alpha value is 0.280. The van der Waals surface area contributed by atoms with E-state index in [-0.39, 0.29) is 53.2 Å². The molecule has 0 radical (unpaired) electrons. The topological polar surface area (TPSA) is 62.7 Å². The summed E-state index contributed by atoms with van der Waals surface area (Å²) in [5.74, 6) is 1.14. The Labute approximate surface area is 267 Å². The van der Waals surface area contributed by atoms with Crippen LogP contribution < -0.4 is 58.6 Å². The van der Waals surface area contributed by atoms with Gasteiger partial charge in [0.2, 0.25) is 17.2 Å². The van der Waals surface area contributed by atoms with Gasteiger partial charge in [0.1, 0.15) is 0 Å². The minimum Gasteiger partial charge on any atom is -1.00 e. The van der Waals surface area contributed by atoms with Crippen molar-refractivity contribution >= 4 is 23.5 Å². The monoisotopic (exact) mass is 767 g/mol. The summed E-state index contributed by atoms with van der Waals surface area (Å²) in [6, 6.07) is 0. The summed E-state index contributed by atoms with van der Waals surface area (Å²) in [5.41, 5.74) is 0. The van der Waals surface area contributed by atoms with Gasteiger partial charge in [0, 0.05) is 25.9 Å². The molecule has 37 heavy (non-hydrogen) atoms. The second-order valence-electron chi connectivity index (χ2n) is 10.3. The van der Waals surface area contributed by atoms with E-state index in [1.807, 2.05) is 0 Å². The van der Waals surface area contributed by atoms with Crippen molar-refractivity contribution in [2.75, 3.05) is 76.1 Å². The summed E-state index contributed by atoms with van der Waals surface area (Å²) >= 11 is 6.22. The molecular formula is C27H56ClI2N7. The standard InChI is InChI=1S/C27H56ClN7.2HI/c1-7-17-34(18-8-2,19-9-3)23-13-15-29-26-31-25(28)32-27(33-26)30-16-14-24-35(20-10-4,21-11-5)22-12-6;;/h7-24H2,1-6H3,(H2,29,30,31,32,33);2*1H/q+2;;/p-2. The summed E-state index contributed by atoms with van der Waals surface area (Å²) < 4.78 is 2.45. The van der Waals surface area contributed by atoms with Crippen LogP contribution in [0.4, 0.5) is 11.9 Å². The quantitative estimate of drug-likeness (QED) is 0.101. The first-order chi connectivity index (χ1) is 16.9. The fourth-order valence-electron chi connectivity index (χ4n) is 5.93. The van der Waals surface area contributed by atoms with Crippen LogP contribution in [0, 0.1) is 0 Å². The largest absolute Gasteiger partial charge is 1.00 e. The maximum absolute atomic E-state index is 6.22. The Morgan fingerprint density at radius 2 is 0.811 bits per heavy atom. The molecule has 0 unspecified atom stereocenters. The van der Waals surface area contributed by atoms with Crippen molar-refractivity contribution in [1.82, 2.24) is 15.0 Å². The highest BCUT2D eigenvalue weighted by Crippen LogP contribution is 2.15. The lowest BCUT2D eigenvalue weighted by molar-refractivity contribution is -0.928. The van der Waals surface area contributed by atoms with E-state index in [9.17, 15) is 0 Å². The highest BCUT2D eigenvalue weighted by Gasteiger charge is 2.25. The van der Waals surface area contributed by atoms with Crippen molar-refractivity contribution in [3.05, 3.63) is 5.28 Å². The second-order valence-corrected chi connectivity index (χ2v) is 10.6. The molecule has 0 spiro atoms. The Balaban J connectivity index is 0. The van der Waals surface area contributed by atoms with Gasteiger partial charge in [0.05, 0.1) is 52.4 Å². The van der Waals surface area contributed by atoms with Crippen LogP contribution in [-0.4, -0.2) is 89.4 Å². The third-order valence-electron chi connectivity index (χ3n) is 6.98. The number of halogens is 3. The minimum atomic E-state index is 0. The predicted molar refractivity (Wildman–Crippen MR) is 152 cm³/mol. The summed E-state index contributed by atoms with van der Waals surface area (Å²) in [6.45, 7) is 25.5. The van der Waals surface area contributed by atoms with E-state index in [0.29, 0.717) is 11.9 Å². The van der Waals surface area contributed by atoms with Crippen molar-refractivity contribution in [3.8, 4) is 0 Å². The minimum absolute atomic E-state index is 0. The molecule has 0 bridgehead atoms. The van der Waals surface area contributed by atoms with Crippen molar-refractivity contribution in [2.45, 2.75) is 92.9 Å². The number of hydrogen-bond donors (Lipinski definition) is 2. The summed E-state index contributed by atoms with van der Waals surface area (Å²) in [7, 11) is 0. The van der Waals surface area contributed by atoms with Crippen LogP contribution >= 0.6 is 11.6 Å². The molecule has 1 aromatic rings. The molecule has 0 amide bonds. The SMILES string of the molecule is CCC[N+](CCC)(CCC)CCCNc1nc(Cl)nc(NCCC[N+](CCC)(CCC)CCC)n1.[I-].[I-]. The average Bonchev–Trinajstić information content (AvgIpc) is 2.80. The summed E-state index contributed by atoms with van der Waals surface area (Å²) in [5, 5.41) is 7.02. The van der Waals surface area contributed by atoms with Crippen LogP contribution in [0.15, 0.2) is 0 Å². The zero-order valence-electron chi connectivity index (χ0n) is 24.6. The van der Waals surface area contributed by atoms with E-state index < -0.39 is 0 Å². The highest BCUT2D eigenvalue weighted by molar-refractivity contribution is 6.28. The van der Waals surface area contributed by atoms with Gasteiger partial charge in [-0.2, -0.15) is 15.0 Å². The van der Waals surface area contributed by atoms with E-state index in [4.69, 9.17) is 11.6 Å². The first-order valence-electron chi connectivity index (χ1n) is 14.5. The molecular weight excluding hydrogens is 712 g/mol. The van der Waals surface area contributed by atoms with E-state index in [0.717, 1.165) is 25.9 Å².